The number of terminal acetylenes is 1. The van der Waals surface area contributed by atoms with Crippen molar-refractivity contribution in [3.63, 3.8) is 0 Å². The molecule has 0 aliphatic heterocycles. The summed E-state index contributed by atoms with van der Waals surface area (Å²) in [4.78, 5) is 86.4. The molecule has 0 aliphatic carbocycles. The third-order valence-corrected chi connectivity index (χ3v) is 6.17. The summed E-state index contributed by atoms with van der Waals surface area (Å²) < 4.78 is 36.3. The SMILES string of the molecule is C#CCOC(=O)C(C)(COC(=O)C(C)(COC(=O)CC)COC(=O)CC)COC(=O)C(C)(COC(=O)CC)COC(=O)CC. The lowest BCUT2D eigenvalue weighted by Gasteiger charge is -2.32. The van der Waals surface area contributed by atoms with Gasteiger partial charge in [0, 0.05) is 25.7 Å². The van der Waals surface area contributed by atoms with Gasteiger partial charge in [-0.05, 0) is 20.8 Å². The Labute approximate surface area is 257 Å². The highest BCUT2D eigenvalue weighted by molar-refractivity contribution is 5.82. The minimum absolute atomic E-state index is 0.0263. The van der Waals surface area contributed by atoms with E-state index >= 15 is 0 Å². The van der Waals surface area contributed by atoms with Gasteiger partial charge in [0.1, 0.15) is 55.9 Å². The Morgan fingerprint density at radius 1 is 0.455 bits per heavy atom. The van der Waals surface area contributed by atoms with Gasteiger partial charge < -0.3 is 33.2 Å². The second kappa shape index (κ2) is 19.2. The molecule has 0 aromatic carbocycles. The Morgan fingerprint density at radius 3 is 0.909 bits per heavy atom. The van der Waals surface area contributed by atoms with Crippen molar-refractivity contribution in [2.24, 2.45) is 16.2 Å². The third-order valence-electron chi connectivity index (χ3n) is 6.17. The molecule has 0 saturated heterocycles. The first kappa shape index (κ1) is 39.8. The first-order valence-corrected chi connectivity index (χ1v) is 14.1. The van der Waals surface area contributed by atoms with Crippen LogP contribution in [0.5, 0.6) is 0 Å². The minimum atomic E-state index is -1.82. The molecule has 0 aromatic heterocycles. The summed E-state index contributed by atoms with van der Waals surface area (Å²) in [7, 11) is 0. The topological polar surface area (TPSA) is 184 Å². The molecule has 0 amide bonds. The summed E-state index contributed by atoms with van der Waals surface area (Å²) in [5.74, 6) is -3.29. The lowest BCUT2D eigenvalue weighted by Crippen LogP contribution is -2.46. The molecule has 44 heavy (non-hydrogen) atoms. The highest BCUT2D eigenvalue weighted by Gasteiger charge is 2.45. The fourth-order valence-corrected chi connectivity index (χ4v) is 2.93. The summed E-state index contributed by atoms with van der Waals surface area (Å²) in [6, 6.07) is 0. The summed E-state index contributed by atoms with van der Waals surface area (Å²) in [5, 5.41) is 0. The van der Waals surface area contributed by atoms with Crippen molar-refractivity contribution >= 4 is 41.8 Å². The van der Waals surface area contributed by atoms with Gasteiger partial charge in [0.2, 0.25) is 0 Å². The largest absolute Gasteiger partial charge is 0.464 e. The molecule has 0 radical (unpaired) electrons. The van der Waals surface area contributed by atoms with Crippen LogP contribution in [0.3, 0.4) is 0 Å². The Kier molecular flexibility index (Phi) is 17.4. The van der Waals surface area contributed by atoms with Crippen LogP contribution in [0.2, 0.25) is 0 Å². The van der Waals surface area contributed by atoms with Crippen LogP contribution in [-0.4, -0.2) is 88.0 Å². The number of carbonyl (C=O) groups excluding carboxylic acids is 7. The third kappa shape index (κ3) is 13.4. The first-order chi connectivity index (χ1) is 20.6. The molecule has 0 atom stereocenters. The van der Waals surface area contributed by atoms with E-state index in [0.717, 1.165) is 0 Å². The standard InChI is InChI=1S/C30H44O14/c1-9-14-38-25(35)30(8,19-43-26(36)28(6,15-39-21(31)10-2)16-40-22(32)11-3)20-44-27(37)29(7,17-41-23(33)12-4)18-42-24(34)13-5/h1H,10-20H2,2-8H3. The predicted octanol–water partition coefficient (Wildman–Crippen LogP) is 2.08. The number of rotatable bonds is 20. The second-order valence-electron chi connectivity index (χ2n) is 10.7. The van der Waals surface area contributed by atoms with Gasteiger partial charge in [-0.1, -0.05) is 33.6 Å². The maximum atomic E-state index is 13.2. The van der Waals surface area contributed by atoms with Gasteiger partial charge in [0.25, 0.3) is 0 Å². The normalized spacial score (nSPS) is 11.3. The van der Waals surface area contributed by atoms with E-state index in [1.165, 1.54) is 20.8 Å². The van der Waals surface area contributed by atoms with Gasteiger partial charge in [-0.2, -0.15) is 0 Å². The van der Waals surface area contributed by atoms with Crippen LogP contribution in [-0.2, 0) is 66.7 Å². The molecule has 0 bridgehead atoms. The van der Waals surface area contributed by atoms with Crippen LogP contribution >= 0.6 is 0 Å². The van der Waals surface area contributed by atoms with Gasteiger partial charge in [-0.25, -0.2) is 0 Å². The molecule has 0 saturated carbocycles. The van der Waals surface area contributed by atoms with Crippen molar-refractivity contribution in [3.8, 4) is 12.3 Å². The molecule has 0 heterocycles. The smallest absolute Gasteiger partial charge is 0.319 e. The summed E-state index contributed by atoms with van der Waals surface area (Å²) in [6.07, 6.45) is 5.30. The number of hydrogen-bond acceptors (Lipinski definition) is 14. The maximum absolute atomic E-state index is 13.2. The maximum Gasteiger partial charge on any atom is 0.319 e. The van der Waals surface area contributed by atoms with E-state index in [0.29, 0.717) is 0 Å². The molecular formula is C30H44O14. The predicted molar refractivity (Wildman–Crippen MR) is 151 cm³/mol. The summed E-state index contributed by atoms with van der Waals surface area (Å²) in [6.45, 7) is 6.37. The van der Waals surface area contributed by atoms with E-state index in [2.05, 4.69) is 5.92 Å². The summed E-state index contributed by atoms with van der Waals surface area (Å²) >= 11 is 0. The highest BCUT2D eigenvalue weighted by atomic mass is 16.6. The van der Waals surface area contributed by atoms with Crippen molar-refractivity contribution in [1.82, 2.24) is 0 Å². The Morgan fingerprint density at radius 2 is 0.682 bits per heavy atom. The molecule has 248 valence electrons. The van der Waals surface area contributed by atoms with Gasteiger partial charge in [0.05, 0.1) is 0 Å². The van der Waals surface area contributed by atoms with Gasteiger partial charge in [0.15, 0.2) is 6.61 Å². The van der Waals surface area contributed by atoms with E-state index in [-0.39, 0.29) is 25.7 Å². The van der Waals surface area contributed by atoms with Crippen LogP contribution in [0.1, 0.15) is 74.1 Å². The quantitative estimate of drug-likeness (QED) is 0.108. The van der Waals surface area contributed by atoms with Crippen LogP contribution in [0.4, 0.5) is 0 Å². The zero-order valence-electron chi connectivity index (χ0n) is 26.6. The average Bonchev–Trinajstić information content (AvgIpc) is 3.03. The molecule has 0 aliphatic rings. The van der Waals surface area contributed by atoms with Crippen LogP contribution in [0.25, 0.3) is 0 Å². The van der Waals surface area contributed by atoms with E-state index in [4.69, 9.17) is 39.6 Å². The number of hydrogen-bond donors (Lipinski definition) is 0. The first-order valence-electron chi connectivity index (χ1n) is 14.1. The van der Waals surface area contributed by atoms with E-state index < -0.39 is 104 Å². The molecule has 14 nitrogen and oxygen atoms in total. The van der Waals surface area contributed by atoms with Crippen molar-refractivity contribution in [1.29, 1.82) is 0 Å². The molecule has 0 unspecified atom stereocenters. The van der Waals surface area contributed by atoms with Crippen molar-refractivity contribution in [2.45, 2.75) is 74.1 Å². The number of ether oxygens (including phenoxy) is 7. The zero-order valence-corrected chi connectivity index (χ0v) is 26.6. The Hall–Kier alpha value is -4.15. The van der Waals surface area contributed by atoms with Crippen molar-refractivity contribution in [2.75, 3.05) is 46.2 Å². The Bertz CT molecular complexity index is 964. The van der Waals surface area contributed by atoms with Gasteiger partial charge in [-0.15, -0.1) is 6.42 Å². The second-order valence-corrected chi connectivity index (χ2v) is 10.7. The number of carbonyl (C=O) groups is 7. The monoisotopic (exact) mass is 628 g/mol. The fraction of sp³-hybridized carbons (Fsp3) is 0.700. The zero-order chi connectivity index (χ0) is 34.0. The fourth-order valence-electron chi connectivity index (χ4n) is 2.93. The minimum Gasteiger partial charge on any atom is -0.464 e. The van der Waals surface area contributed by atoms with Crippen molar-refractivity contribution < 1.29 is 66.7 Å². The molecule has 0 N–H and O–H groups in total. The van der Waals surface area contributed by atoms with E-state index in [1.54, 1.807) is 27.7 Å². The van der Waals surface area contributed by atoms with Crippen LogP contribution < -0.4 is 0 Å². The molecule has 0 rings (SSSR count). The average molecular weight is 629 g/mol. The molecular weight excluding hydrogens is 584 g/mol. The Balaban J connectivity index is 6.01. The van der Waals surface area contributed by atoms with Crippen molar-refractivity contribution in [3.05, 3.63) is 0 Å². The molecule has 0 aromatic rings. The van der Waals surface area contributed by atoms with Gasteiger partial charge in [-0.3, -0.25) is 33.6 Å². The van der Waals surface area contributed by atoms with Crippen LogP contribution in [0, 0.1) is 28.6 Å². The highest BCUT2D eigenvalue weighted by Crippen LogP contribution is 2.28. The molecule has 14 heteroatoms. The lowest BCUT2D eigenvalue weighted by molar-refractivity contribution is -0.181. The lowest BCUT2D eigenvalue weighted by atomic mass is 9.90. The summed E-state index contributed by atoms with van der Waals surface area (Å²) in [5.41, 5.74) is -5.12. The molecule has 0 fully saturated rings. The molecule has 0 spiro atoms. The van der Waals surface area contributed by atoms with E-state index in [1.807, 2.05) is 0 Å². The van der Waals surface area contributed by atoms with Gasteiger partial charge >= 0.3 is 41.8 Å². The van der Waals surface area contributed by atoms with E-state index in [9.17, 15) is 33.6 Å². The van der Waals surface area contributed by atoms with Crippen LogP contribution in [0.15, 0.2) is 0 Å². The number of esters is 7.